The summed E-state index contributed by atoms with van der Waals surface area (Å²) in [5.41, 5.74) is 3.98. The highest BCUT2D eigenvalue weighted by molar-refractivity contribution is 5.24. The Kier molecular flexibility index (Phi) is 4.10. The molecule has 3 heteroatoms. The number of rotatable bonds is 6. The number of hydrogen-bond acceptors (Lipinski definition) is 2. The smallest absolute Gasteiger partial charge is 0.0669 e. The van der Waals surface area contributed by atoms with Gasteiger partial charge in [-0.25, -0.2) is 0 Å². The second-order valence-electron chi connectivity index (χ2n) is 5.94. The van der Waals surface area contributed by atoms with Gasteiger partial charge in [-0.15, -0.1) is 0 Å². The van der Waals surface area contributed by atoms with Crippen LogP contribution in [0.15, 0.2) is 0 Å². The van der Waals surface area contributed by atoms with Crippen molar-refractivity contribution < 1.29 is 0 Å². The van der Waals surface area contributed by atoms with E-state index in [1.54, 1.807) is 0 Å². The number of aryl methyl sites for hydroxylation is 1. The van der Waals surface area contributed by atoms with Gasteiger partial charge in [-0.3, -0.25) is 4.68 Å². The first-order chi connectivity index (χ1) is 8.54. The molecule has 1 unspecified atom stereocenters. The van der Waals surface area contributed by atoms with Crippen molar-refractivity contribution in [2.24, 2.45) is 5.92 Å². The average Bonchev–Trinajstić information content (AvgIpc) is 3.07. The van der Waals surface area contributed by atoms with Gasteiger partial charge in [-0.2, -0.15) is 5.10 Å². The standard InChI is InChI=1S/C15H27N3/c1-6-14-11(4)17-18(12(14)5)15(10(2)3)9-16-13-7-8-13/h10,13,15-16H,6-9H2,1-5H3. The van der Waals surface area contributed by atoms with E-state index in [2.05, 4.69) is 44.6 Å². The molecule has 1 atom stereocenters. The lowest BCUT2D eigenvalue weighted by Gasteiger charge is -2.23. The molecule has 0 radical (unpaired) electrons. The fourth-order valence-corrected chi connectivity index (χ4v) is 2.71. The van der Waals surface area contributed by atoms with E-state index in [1.807, 2.05) is 0 Å². The highest BCUT2D eigenvalue weighted by Gasteiger charge is 2.25. The predicted molar refractivity (Wildman–Crippen MR) is 76.0 cm³/mol. The molecule has 1 N–H and O–H groups in total. The van der Waals surface area contributed by atoms with Gasteiger partial charge in [0.25, 0.3) is 0 Å². The van der Waals surface area contributed by atoms with E-state index < -0.39 is 0 Å². The first-order valence-electron chi connectivity index (χ1n) is 7.32. The van der Waals surface area contributed by atoms with Crippen molar-refractivity contribution in [3.63, 3.8) is 0 Å². The van der Waals surface area contributed by atoms with E-state index in [9.17, 15) is 0 Å². The van der Waals surface area contributed by atoms with Crippen LogP contribution in [0.3, 0.4) is 0 Å². The maximum atomic E-state index is 4.78. The van der Waals surface area contributed by atoms with Crippen LogP contribution in [-0.4, -0.2) is 22.4 Å². The first kappa shape index (κ1) is 13.6. The van der Waals surface area contributed by atoms with E-state index in [4.69, 9.17) is 5.10 Å². The van der Waals surface area contributed by atoms with Crippen LogP contribution < -0.4 is 5.32 Å². The van der Waals surface area contributed by atoms with Gasteiger partial charge in [0.2, 0.25) is 0 Å². The lowest BCUT2D eigenvalue weighted by atomic mass is 10.0. The van der Waals surface area contributed by atoms with Crippen molar-refractivity contribution >= 4 is 0 Å². The van der Waals surface area contributed by atoms with Crippen molar-refractivity contribution in [2.75, 3.05) is 6.54 Å². The molecule has 1 fully saturated rings. The van der Waals surface area contributed by atoms with Crippen molar-refractivity contribution in [1.29, 1.82) is 0 Å². The van der Waals surface area contributed by atoms with Crippen LogP contribution in [0.1, 0.15) is 56.6 Å². The zero-order valence-electron chi connectivity index (χ0n) is 12.5. The third-order valence-corrected chi connectivity index (χ3v) is 4.11. The Labute approximate surface area is 111 Å². The summed E-state index contributed by atoms with van der Waals surface area (Å²) in [5, 5.41) is 8.43. The molecular formula is C15H27N3. The van der Waals surface area contributed by atoms with Crippen LogP contribution in [0.5, 0.6) is 0 Å². The minimum absolute atomic E-state index is 0.476. The van der Waals surface area contributed by atoms with Gasteiger partial charge >= 0.3 is 0 Å². The molecule has 18 heavy (non-hydrogen) atoms. The molecule has 1 saturated carbocycles. The van der Waals surface area contributed by atoms with Crippen LogP contribution in [0.25, 0.3) is 0 Å². The van der Waals surface area contributed by atoms with Gasteiger partial charge in [0.15, 0.2) is 0 Å². The molecule has 1 aromatic heterocycles. The Balaban J connectivity index is 2.18. The van der Waals surface area contributed by atoms with Crippen molar-refractivity contribution in [1.82, 2.24) is 15.1 Å². The van der Waals surface area contributed by atoms with Gasteiger partial charge in [0.05, 0.1) is 11.7 Å². The molecule has 0 saturated heterocycles. The molecule has 1 aromatic rings. The van der Waals surface area contributed by atoms with E-state index in [0.717, 1.165) is 19.0 Å². The largest absolute Gasteiger partial charge is 0.312 e. The van der Waals surface area contributed by atoms with Crippen LogP contribution in [0.4, 0.5) is 0 Å². The third kappa shape index (κ3) is 2.77. The summed E-state index contributed by atoms with van der Waals surface area (Å²) in [6, 6.07) is 1.25. The van der Waals surface area contributed by atoms with E-state index in [0.29, 0.717) is 12.0 Å². The molecule has 0 aliphatic heterocycles. The Morgan fingerprint density at radius 3 is 2.44 bits per heavy atom. The van der Waals surface area contributed by atoms with Gasteiger partial charge in [-0.05, 0) is 44.6 Å². The third-order valence-electron chi connectivity index (χ3n) is 4.11. The highest BCUT2D eigenvalue weighted by atomic mass is 15.3. The number of nitrogens with zero attached hydrogens (tertiary/aromatic N) is 2. The van der Waals surface area contributed by atoms with E-state index in [-0.39, 0.29) is 0 Å². The second kappa shape index (κ2) is 5.43. The van der Waals surface area contributed by atoms with Crippen LogP contribution in [0.2, 0.25) is 0 Å². The summed E-state index contributed by atoms with van der Waals surface area (Å²) in [6.45, 7) is 12.2. The molecule has 1 aliphatic rings. The summed E-state index contributed by atoms with van der Waals surface area (Å²) in [6.07, 6.45) is 3.78. The molecular weight excluding hydrogens is 222 g/mol. The van der Waals surface area contributed by atoms with E-state index >= 15 is 0 Å². The summed E-state index contributed by atoms with van der Waals surface area (Å²) in [7, 11) is 0. The molecule has 3 nitrogen and oxygen atoms in total. The lowest BCUT2D eigenvalue weighted by Crippen LogP contribution is -2.31. The maximum absolute atomic E-state index is 4.78. The second-order valence-corrected chi connectivity index (χ2v) is 5.94. The Bertz CT molecular complexity index is 402. The SMILES string of the molecule is CCc1c(C)nn(C(CNC2CC2)C(C)C)c1C. The molecule has 0 aromatic carbocycles. The normalized spacial score (nSPS) is 17.4. The Hall–Kier alpha value is -0.830. The van der Waals surface area contributed by atoms with Gasteiger partial charge in [-0.1, -0.05) is 20.8 Å². The quantitative estimate of drug-likeness (QED) is 0.840. The van der Waals surface area contributed by atoms with Crippen LogP contribution in [0, 0.1) is 19.8 Å². The van der Waals surface area contributed by atoms with E-state index in [1.165, 1.54) is 29.8 Å². The van der Waals surface area contributed by atoms with Crippen LogP contribution >= 0.6 is 0 Å². The molecule has 1 aliphatic carbocycles. The first-order valence-corrected chi connectivity index (χ1v) is 7.32. The summed E-state index contributed by atoms with van der Waals surface area (Å²) < 4.78 is 2.26. The van der Waals surface area contributed by atoms with Crippen molar-refractivity contribution in [3.8, 4) is 0 Å². The van der Waals surface area contributed by atoms with Crippen molar-refractivity contribution in [3.05, 3.63) is 17.0 Å². The minimum Gasteiger partial charge on any atom is -0.312 e. The Morgan fingerprint density at radius 2 is 2.00 bits per heavy atom. The highest BCUT2D eigenvalue weighted by Crippen LogP contribution is 2.25. The minimum atomic E-state index is 0.476. The zero-order chi connectivity index (χ0) is 13.3. The average molecular weight is 249 g/mol. The monoisotopic (exact) mass is 249 g/mol. The van der Waals surface area contributed by atoms with Crippen molar-refractivity contribution in [2.45, 2.75) is 66.0 Å². The molecule has 0 bridgehead atoms. The molecule has 0 amide bonds. The topological polar surface area (TPSA) is 29.9 Å². The fraction of sp³-hybridized carbons (Fsp3) is 0.800. The van der Waals surface area contributed by atoms with Gasteiger partial charge in [0.1, 0.15) is 0 Å². The zero-order valence-corrected chi connectivity index (χ0v) is 12.5. The fourth-order valence-electron chi connectivity index (χ4n) is 2.71. The Morgan fingerprint density at radius 1 is 1.33 bits per heavy atom. The van der Waals surface area contributed by atoms with Gasteiger partial charge < -0.3 is 5.32 Å². The van der Waals surface area contributed by atoms with Gasteiger partial charge in [0, 0.05) is 18.3 Å². The molecule has 2 rings (SSSR count). The number of aromatic nitrogens is 2. The lowest BCUT2D eigenvalue weighted by molar-refractivity contribution is 0.323. The predicted octanol–water partition coefficient (Wildman–Crippen LogP) is 3.01. The van der Waals surface area contributed by atoms with Crippen LogP contribution in [-0.2, 0) is 6.42 Å². The maximum Gasteiger partial charge on any atom is 0.0669 e. The number of hydrogen-bond donors (Lipinski definition) is 1. The molecule has 102 valence electrons. The summed E-state index contributed by atoms with van der Waals surface area (Å²) in [4.78, 5) is 0. The molecule has 0 spiro atoms. The summed E-state index contributed by atoms with van der Waals surface area (Å²) >= 11 is 0. The summed E-state index contributed by atoms with van der Waals surface area (Å²) in [5.74, 6) is 0.610. The molecule has 1 heterocycles. The number of nitrogens with one attached hydrogen (secondary N) is 1.